The highest BCUT2D eigenvalue weighted by molar-refractivity contribution is 7.21. The van der Waals surface area contributed by atoms with Crippen molar-refractivity contribution in [3.63, 3.8) is 0 Å². The summed E-state index contributed by atoms with van der Waals surface area (Å²) in [5.74, 6) is -1.49. The van der Waals surface area contributed by atoms with Crippen LogP contribution in [0.15, 0.2) is 60.7 Å². The van der Waals surface area contributed by atoms with Crippen LogP contribution in [0.3, 0.4) is 0 Å². The normalized spacial score (nSPS) is 11.0. The molecule has 0 amide bonds. The van der Waals surface area contributed by atoms with E-state index in [0.29, 0.717) is 16.1 Å². The third kappa shape index (κ3) is 2.82. The molecule has 0 saturated carbocycles. The number of non-ortho nitro benzene ring substituents is 1. The third-order valence-corrected chi connectivity index (χ3v) is 5.03. The van der Waals surface area contributed by atoms with Gasteiger partial charge in [0, 0.05) is 34.9 Å². The predicted octanol–water partition coefficient (Wildman–Crippen LogP) is 5.82. The number of aromatic nitrogens is 1. The van der Waals surface area contributed by atoms with Crippen LogP contribution in [0.5, 0.6) is 0 Å². The van der Waals surface area contributed by atoms with Gasteiger partial charge in [-0.2, -0.15) is 0 Å². The van der Waals surface area contributed by atoms with E-state index < -0.39 is 16.6 Å². The molecule has 0 saturated heterocycles. The van der Waals surface area contributed by atoms with Crippen molar-refractivity contribution in [2.45, 2.75) is 0 Å². The van der Waals surface area contributed by atoms with Gasteiger partial charge in [0.1, 0.15) is 16.6 Å². The molecule has 0 N–H and O–H groups in total. The first kappa shape index (κ1) is 16.3. The minimum atomic E-state index is -0.784. The van der Waals surface area contributed by atoms with E-state index >= 15 is 0 Å². The number of benzene rings is 3. The van der Waals surface area contributed by atoms with Gasteiger partial charge in [-0.3, -0.25) is 10.1 Å². The number of para-hydroxylation sites is 1. The van der Waals surface area contributed by atoms with E-state index in [1.54, 1.807) is 6.07 Å². The summed E-state index contributed by atoms with van der Waals surface area (Å²) in [7, 11) is 0. The molecule has 0 bridgehead atoms. The fourth-order valence-corrected chi connectivity index (χ4v) is 3.76. The lowest BCUT2D eigenvalue weighted by molar-refractivity contribution is -0.384. The summed E-state index contributed by atoms with van der Waals surface area (Å²) in [6, 6.07) is 14.9. The first-order chi connectivity index (χ1) is 12.5. The molecule has 0 radical (unpaired) electrons. The molecule has 4 nitrogen and oxygen atoms in total. The fourth-order valence-electron chi connectivity index (χ4n) is 2.75. The zero-order valence-electron chi connectivity index (χ0n) is 13.1. The van der Waals surface area contributed by atoms with Gasteiger partial charge in [0.15, 0.2) is 0 Å². The highest BCUT2D eigenvalue weighted by atomic mass is 32.1. The minimum Gasteiger partial charge on any atom is -0.258 e. The maximum atomic E-state index is 14.3. The van der Waals surface area contributed by atoms with Crippen molar-refractivity contribution in [1.82, 2.24) is 4.98 Å². The van der Waals surface area contributed by atoms with Gasteiger partial charge in [-0.1, -0.05) is 12.1 Å². The summed E-state index contributed by atoms with van der Waals surface area (Å²) in [6.07, 6.45) is 0. The zero-order valence-corrected chi connectivity index (χ0v) is 14.0. The van der Waals surface area contributed by atoms with Gasteiger partial charge in [0.25, 0.3) is 5.69 Å². The number of hydrogen-bond donors (Lipinski definition) is 0. The molecule has 3 aromatic carbocycles. The highest BCUT2D eigenvalue weighted by Crippen LogP contribution is 2.39. The average Bonchev–Trinajstić information content (AvgIpc) is 3.05. The Hall–Kier alpha value is -3.19. The lowest BCUT2D eigenvalue weighted by Gasteiger charge is -2.09. The molecule has 0 aliphatic carbocycles. The largest absolute Gasteiger partial charge is 0.270 e. The fraction of sp³-hybridized carbons (Fsp3) is 0. The molecule has 128 valence electrons. The number of rotatable bonds is 3. The molecule has 0 aliphatic rings. The van der Waals surface area contributed by atoms with Gasteiger partial charge in [-0.25, -0.2) is 13.8 Å². The lowest BCUT2D eigenvalue weighted by atomic mass is 9.98. The Morgan fingerprint density at radius 1 is 0.923 bits per heavy atom. The molecule has 4 aromatic rings. The molecule has 1 aromatic heterocycles. The van der Waals surface area contributed by atoms with E-state index in [9.17, 15) is 18.9 Å². The van der Waals surface area contributed by atoms with Crippen molar-refractivity contribution < 1.29 is 13.7 Å². The van der Waals surface area contributed by atoms with E-state index in [1.807, 2.05) is 24.3 Å². The molecule has 0 atom stereocenters. The van der Waals surface area contributed by atoms with Gasteiger partial charge in [-0.15, -0.1) is 11.3 Å². The number of nitrogens with zero attached hydrogens (tertiary/aromatic N) is 2. The number of nitro groups is 1. The van der Waals surface area contributed by atoms with Crippen molar-refractivity contribution >= 4 is 27.2 Å². The maximum absolute atomic E-state index is 14.3. The van der Waals surface area contributed by atoms with Crippen LogP contribution < -0.4 is 0 Å². The maximum Gasteiger partial charge on any atom is 0.270 e. The number of thiazole rings is 1. The Kier molecular flexibility index (Phi) is 3.93. The molecule has 0 fully saturated rings. The van der Waals surface area contributed by atoms with Crippen molar-refractivity contribution in [3.05, 3.63) is 82.4 Å². The van der Waals surface area contributed by atoms with Gasteiger partial charge in [-0.05, 0) is 30.3 Å². The first-order valence-corrected chi connectivity index (χ1v) is 8.44. The highest BCUT2D eigenvalue weighted by Gasteiger charge is 2.19. The lowest BCUT2D eigenvalue weighted by Crippen LogP contribution is -1.93. The van der Waals surface area contributed by atoms with E-state index in [4.69, 9.17) is 0 Å². The van der Waals surface area contributed by atoms with Gasteiger partial charge in [0.2, 0.25) is 0 Å². The summed E-state index contributed by atoms with van der Waals surface area (Å²) in [6.45, 7) is 0. The van der Waals surface area contributed by atoms with Gasteiger partial charge in [0.05, 0.1) is 15.1 Å². The number of nitro benzene ring substituents is 1. The summed E-state index contributed by atoms with van der Waals surface area (Å²) in [5, 5.41) is 11.8. The Morgan fingerprint density at radius 2 is 1.69 bits per heavy atom. The standard InChI is InChI=1S/C19H10F2N2O2S/c20-11-5-7-13(16(21)9-11)15-10-12(23(24)25)6-8-14(15)19-22-17-3-1-2-4-18(17)26-19/h1-10H. The number of fused-ring (bicyclic) bond motifs is 1. The molecular weight excluding hydrogens is 358 g/mol. The summed E-state index contributed by atoms with van der Waals surface area (Å²) in [4.78, 5) is 15.1. The second-order valence-electron chi connectivity index (χ2n) is 5.60. The average molecular weight is 368 g/mol. The Labute approximate surface area is 150 Å². The van der Waals surface area contributed by atoms with Crippen LogP contribution in [0.4, 0.5) is 14.5 Å². The molecule has 0 aliphatic heterocycles. The van der Waals surface area contributed by atoms with Crippen LogP contribution in [0, 0.1) is 21.7 Å². The first-order valence-electron chi connectivity index (χ1n) is 7.63. The van der Waals surface area contributed by atoms with Crippen molar-refractivity contribution in [2.75, 3.05) is 0 Å². The van der Waals surface area contributed by atoms with Crippen molar-refractivity contribution in [1.29, 1.82) is 0 Å². The van der Waals surface area contributed by atoms with E-state index in [2.05, 4.69) is 4.98 Å². The monoisotopic (exact) mass is 368 g/mol. The van der Waals surface area contributed by atoms with Crippen molar-refractivity contribution in [2.24, 2.45) is 0 Å². The molecule has 1 heterocycles. The van der Waals surface area contributed by atoms with E-state index in [1.165, 1.54) is 29.5 Å². The summed E-state index contributed by atoms with van der Waals surface area (Å²) < 4.78 is 28.6. The smallest absolute Gasteiger partial charge is 0.258 e. The van der Waals surface area contributed by atoms with Gasteiger partial charge >= 0.3 is 0 Å². The minimum absolute atomic E-state index is 0.0874. The third-order valence-electron chi connectivity index (χ3n) is 3.96. The number of halogens is 2. The van der Waals surface area contributed by atoms with Crippen LogP contribution >= 0.6 is 11.3 Å². The topological polar surface area (TPSA) is 56.0 Å². The Bertz CT molecular complexity index is 1120. The van der Waals surface area contributed by atoms with E-state index in [0.717, 1.165) is 22.3 Å². The Morgan fingerprint density at radius 3 is 2.42 bits per heavy atom. The number of hydrogen-bond acceptors (Lipinski definition) is 4. The summed E-state index contributed by atoms with van der Waals surface area (Å²) >= 11 is 1.40. The van der Waals surface area contributed by atoms with Gasteiger partial charge < -0.3 is 0 Å². The molecule has 4 rings (SSSR count). The quantitative estimate of drug-likeness (QED) is 0.338. The SMILES string of the molecule is O=[N+]([O-])c1ccc(-c2nc3ccccc3s2)c(-c2ccc(F)cc2F)c1. The van der Waals surface area contributed by atoms with Crippen LogP contribution in [0.1, 0.15) is 0 Å². The molecule has 7 heteroatoms. The van der Waals surface area contributed by atoms with Crippen LogP contribution in [0.2, 0.25) is 0 Å². The van der Waals surface area contributed by atoms with Crippen LogP contribution in [-0.2, 0) is 0 Å². The molecule has 26 heavy (non-hydrogen) atoms. The Balaban J connectivity index is 1.98. The second-order valence-corrected chi connectivity index (χ2v) is 6.63. The molecule has 0 unspecified atom stereocenters. The van der Waals surface area contributed by atoms with Crippen LogP contribution in [0.25, 0.3) is 31.9 Å². The van der Waals surface area contributed by atoms with Crippen LogP contribution in [-0.4, -0.2) is 9.91 Å². The van der Waals surface area contributed by atoms with Crippen molar-refractivity contribution in [3.8, 4) is 21.7 Å². The zero-order chi connectivity index (χ0) is 18.3. The predicted molar refractivity (Wildman–Crippen MR) is 97.1 cm³/mol. The molecule has 0 spiro atoms. The second kappa shape index (κ2) is 6.27. The molecular formula is C19H10F2N2O2S. The summed E-state index contributed by atoms with van der Waals surface area (Å²) in [5.41, 5.74) is 1.56. The van der Waals surface area contributed by atoms with E-state index in [-0.39, 0.29) is 11.3 Å².